The summed E-state index contributed by atoms with van der Waals surface area (Å²) in [5.74, 6) is 2.40. The Hall–Kier alpha value is -1.06. The van der Waals surface area contributed by atoms with Gasteiger partial charge in [0.2, 0.25) is 0 Å². The van der Waals surface area contributed by atoms with E-state index in [1.807, 2.05) is 6.07 Å². The Morgan fingerprint density at radius 2 is 2.04 bits per heavy atom. The third-order valence-electron chi connectivity index (χ3n) is 7.35. The molecule has 4 N–H and O–H groups in total. The highest BCUT2D eigenvalue weighted by molar-refractivity contribution is 5.48. The van der Waals surface area contributed by atoms with Gasteiger partial charge in [0.1, 0.15) is 5.75 Å². The molecule has 4 rings (SSSR count). The minimum atomic E-state index is -0.109. The second kappa shape index (κ2) is 5.49. The van der Waals surface area contributed by atoms with Crippen LogP contribution in [0.15, 0.2) is 12.1 Å². The molecule has 1 aromatic carbocycles. The summed E-state index contributed by atoms with van der Waals surface area (Å²) in [6, 6.07) is 4.04. The zero-order chi connectivity index (χ0) is 16.2. The van der Waals surface area contributed by atoms with Crippen molar-refractivity contribution < 1.29 is 10.2 Å². The Morgan fingerprint density at radius 1 is 1.22 bits per heavy atom. The molecule has 3 aliphatic rings. The molecule has 5 atom stereocenters. The van der Waals surface area contributed by atoms with Gasteiger partial charge in [-0.1, -0.05) is 13.0 Å². The molecule has 0 aliphatic heterocycles. The lowest BCUT2D eigenvalue weighted by Gasteiger charge is -2.50. The molecular formula is C20H29NO2. The second-order valence-corrected chi connectivity index (χ2v) is 8.22. The van der Waals surface area contributed by atoms with Crippen molar-refractivity contribution in [1.29, 1.82) is 0 Å². The van der Waals surface area contributed by atoms with Crippen LogP contribution in [0.3, 0.4) is 0 Å². The first kappa shape index (κ1) is 15.5. The van der Waals surface area contributed by atoms with E-state index in [9.17, 15) is 10.2 Å². The number of phenolic OH excluding ortho intramolecular Hbond substituents is 1. The Kier molecular flexibility index (Phi) is 3.69. The number of nitrogens with two attached hydrogens (primary N) is 1. The van der Waals surface area contributed by atoms with Gasteiger partial charge in [0.15, 0.2) is 0 Å². The van der Waals surface area contributed by atoms with Crippen LogP contribution in [0.4, 0.5) is 0 Å². The van der Waals surface area contributed by atoms with Gasteiger partial charge in [-0.05, 0) is 97.4 Å². The van der Waals surface area contributed by atoms with Crippen molar-refractivity contribution >= 4 is 0 Å². The van der Waals surface area contributed by atoms with Gasteiger partial charge in [-0.15, -0.1) is 0 Å². The van der Waals surface area contributed by atoms with Gasteiger partial charge in [-0.25, -0.2) is 0 Å². The average molecular weight is 315 g/mol. The fourth-order valence-corrected chi connectivity index (χ4v) is 6.12. The molecule has 0 radical (unpaired) electrons. The summed E-state index contributed by atoms with van der Waals surface area (Å²) in [6.45, 7) is 2.91. The standard InChI is InChI=1S/C20H29NO2/c1-20-10-8-14-12-4-6-18(22)16(9-11-21)13(12)2-3-15(14)17(20)5-7-19(20)23/h4,6,14-15,17,19,22-23H,2-3,5,7-11,21H2,1H3/t14-,15-,17+,19+,20+/m1/s1. The highest BCUT2D eigenvalue weighted by Crippen LogP contribution is 2.61. The van der Waals surface area contributed by atoms with Crippen LogP contribution in [0.2, 0.25) is 0 Å². The molecule has 0 saturated heterocycles. The lowest BCUT2D eigenvalue weighted by Crippen LogP contribution is -2.44. The number of benzene rings is 1. The van der Waals surface area contributed by atoms with Crippen molar-refractivity contribution in [2.24, 2.45) is 23.0 Å². The highest BCUT2D eigenvalue weighted by atomic mass is 16.3. The molecule has 0 amide bonds. The summed E-state index contributed by atoms with van der Waals surface area (Å²) in [6.07, 6.45) is 7.39. The van der Waals surface area contributed by atoms with E-state index in [4.69, 9.17) is 5.73 Å². The summed E-state index contributed by atoms with van der Waals surface area (Å²) >= 11 is 0. The average Bonchev–Trinajstić information content (AvgIpc) is 2.85. The second-order valence-electron chi connectivity index (χ2n) is 8.22. The minimum Gasteiger partial charge on any atom is -0.508 e. The molecule has 2 fully saturated rings. The van der Waals surface area contributed by atoms with Gasteiger partial charge in [-0.2, -0.15) is 0 Å². The molecule has 3 nitrogen and oxygen atoms in total. The van der Waals surface area contributed by atoms with Gasteiger partial charge in [0, 0.05) is 0 Å². The van der Waals surface area contributed by atoms with Gasteiger partial charge < -0.3 is 15.9 Å². The molecule has 126 valence electrons. The number of rotatable bonds is 2. The van der Waals surface area contributed by atoms with Crippen LogP contribution >= 0.6 is 0 Å². The van der Waals surface area contributed by atoms with E-state index in [1.165, 1.54) is 30.4 Å². The van der Waals surface area contributed by atoms with Crippen LogP contribution in [0.25, 0.3) is 0 Å². The van der Waals surface area contributed by atoms with E-state index in [2.05, 4.69) is 13.0 Å². The maximum absolute atomic E-state index is 10.5. The van der Waals surface area contributed by atoms with E-state index in [0.29, 0.717) is 30.0 Å². The van der Waals surface area contributed by atoms with E-state index in [0.717, 1.165) is 31.2 Å². The summed E-state index contributed by atoms with van der Waals surface area (Å²) in [5, 5.41) is 20.7. The van der Waals surface area contributed by atoms with Crippen LogP contribution in [0.5, 0.6) is 5.75 Å². The van der Waals surface area contributed by atoms with E-state index >= 15 is 0 Å². The van der Waals surface area contributed by atoms with Crippen molar-refractivity contribution in [3.63, 3.8) is 0 Å². The number of aromatic hydroxyl groups is 1. The van der Waals surface area contributed by atoms with E-state index in [1.54, 1.807) is 0 Å². The van der Waals surface area contributed by atoms with Crippen LogP contribution in [-0.2, 0) is 12.8 Å². The van der Waals surface area contributed by atoms with Crippen molar-refractivity contribution in [1.82, 2.24) is 0 Å². The first-order chi connectivity index (χ1) is 11.1. The van der Waals surface area contributed by atoms with Crippen molar-refractivity contribution in [3.8, 4) is 5.75 Å². The number of hydrogen-bond donors (Lipinski definition) is 3. The molecule has 1 aromatic rings. The third kappa shape index (κ3) is 2.16. The number of phenols is 1. The Balaban J connectivity index is 1.71. The highest BCUT2D eigenvalue weighted by Gasteiger charge is 2.54. The fraction of sp³-hybridized carbons (Fsp3) is 0.700. The Labute approximate surface area is 138 Å². The molecule has 3 heteroatoms. The summed E-state index contributed by atoms with van der Waals surface area (Å²) in [7, 11) is 0. The fourth-order valence-electron chi connectivity index (χ4n) is 6.12. The number of aliphatic hydroxyl groups is 1. The molecule has 23 heavy (non-hydrogen) atoms. The minimum absolute atomic E-state index is 0.109. The van der Waals surface area contributed by atoms with Crippen LogP contribution in [0, 0.1) is 17.3 Å². The molecule has 0 spiro atoms. The summed E-state index contributed by atoms with van der Waals surface area (Å²) in [4.78, 5) is 0. The maximum atomic E-state index is 10.5. The third-order valence-corrected chi connectivity index (χ3v) is 7.35. The van der Waals surface area contributed by atoms with Crippen LogP contribution in [-0.4, -0.2) is 22.9 Å². The maximum Gasteiger partial charge on any atom is 0.119 e. The van der Waals surface area contributed by atoms with Gasteiger partial charge in [0.05, 0.1) is 6.10 Å². The van der Waals surface area contributed by atoms with Crippen molar-refractivity contribution in [2.75, 3.05) is 6.54 Å². The first-order valence-corrected chi connectivity index (χ1v) is 9.28. The number of hydrogen-bond acceptors (Lipinski definition) is 3. The van der Waals surface area contributed by atoms with Crippen LogP contribution < -0.4 is 5.73 Å². The smallest absolute Gasteiger partial charge is 0.119 e. The zero-order valence-electron chi connectivity index (χ0n) is 14.1. The van der Waals surface area contributed by atoms with Crippen LogP contribution in [0.1, 0.15) is 61.6 Å². The molecule has 0 unspecified atom stereocenters. The predicted octanol–water partition coefficient (Wildman–Crippen LogP) is 3.11. The Bertz CT molecular complexity index is 614. The Morgan fingerprint density at radius 3 is 2.83 bits per heavy atom. The monoisotopic (exact) mass is 315 g/mol. The first-order valence-electron chi connectivity index (χ1n) is 9.28. The topological polar surface area (TPSA) is 66.5 Å². The molecule has 2 saturated carbocycles. The van der Waals surface area contributed by atoms with Crippen molar-refractivity contribution in [3.05, 3.63) is 28.8 Å². The molecule has 3 aliphatic carbocycles. The summed E-state index contributed by atoms with van der Waals surface area (Å²) < 4.78 is 0. The zero-order valence-corrected chi connectivity index (χ0v) is 14.1. The molecule has 0 heterocycles. The van der Waals surface area contributed by atoms with E-state index < -0.39 is 0 Å². The lowest BCUT2D eigenvalue weighted by molar-refractivity contribution is -0.0226. The van der Waals surface area contributed by atoms with E-state index in [-0.39, 0.29) is 11.5 Å². The van der Waals surface area contributed by atoms with Crippen molar-refractivity contribution in [2.45, 2.75) is 63.9 Å². The van der Waals surface area contributed by atoms with Gasteiger partial charge >= 0.3 is 0 Å². The normalized spacial score (nSPS) is 38.7. The SMILES string of the molecule is C[C@]12CC[C@@H]3c4ccc(O)c(CCN)c4CC[C@H]3[C@@H]1CC[C@@H]2O. The molecule has 0 bridgehead atoms. The number of aliphatic hydroxyl groups excluding tert-OH is 1. The summed E-state index contributed by atoms with van der Waals surface area (Å²) in [5.41, 5.74) is 9.82. The number of fused-ring (bicyclic) bond motifs is 5. The van der Waals surface area contributed by atoms with Gasteiger partial charge in [0.25, 0.3) is 0 Å². The molecule has 0 aromatic heterocycles. The quantitative estimate of drug-likeness (QED) is 0.785. The van der Waals surface area contributed by atoms with Gasteiger partial charge in [-0.3, -0.25) is 0 Å². The predicted molar refractivity (Wildman–Crippen MR) is 91.5 cm³/mol. The largest absolute Gasteiger partial charge is 0.508 e. The molecular weight excluding hydrogens is 286 g/mol. The lowest BCUT2D eigenvalue weighted by atomic mass is 9.55.